The summed E-state index contributed by atoms with van der Waals surface area (Å²) in [6, 6.07) is 10.3. The third-order valence-corrected chi connectivity index (χ3v) is 2.83. The molecule has 0 atom stereocenters. The number of hydrogen-bond donors (Lipinski definition) is 0. The van der Waals surface area contributed by atoms with E-state index in [2.05, 4.69) is 0 Å². The maximum Gasteiger partial charge on any atom is 0.200 e. The molecule has 0 aliphatic rings. The first-order valence-corrected chi connectivity index (χ1v) is 5.75. The molecule has 0 heterocycles. The van der Waals surface area contributed by atoms with Gasteiger partial charge in [0.15, 0.2) is 11.6 Å². The van der Waals surface area contributed by atoms with E-state index in [0.29, 0.717) is 16.1 Å². The van der Waals surface area contributed by atoms with Gasteiger partial charge >= 0.3 is 0 Å². The Labute approximate surface area is 113 Å². The summed E-state index contributed by atoms with van der Waals surface area (Å²) >= 11 is 5.95. The third kappa shape index (κ3) is 3.01. The molecule has 0 aliphatic heterocycles. The lowest BCUT2D eigenvalue weighted by Gasteiger charge is -2.09. The average molecular weight is 280 g/mol. The molecule has 5 heteroatoms. The number of nitriles is 1. The highest BCUT2D eigenvalue weighted by atomic mass is 35.5. The highest BCUT2D eigenvalue weighted by molar-refractivity contribution is 6.31. The quantitative estimate of drug-likeness (QED) is 0.848. The van der Waals surface area contributed by atoms with Gasteiger partial charge in [0.25, 0.3) is 0 Å². The van der Waals surface area contributed by atoms with Gasteiger partial charge in [-0.05, 0) is 24.3 Å². The van der Waals surface area contributed by atoms with E-state index >= 15 is 0 Å². The van der Waals surface area contributed by atoms with E-state index < -0.39 is 11.6 Å². The fourth-order valence-corrected chi connectivity index (χ4v) is 1.72. The molecule has 96 valence electrons. The van der Waals surface area contributed by atoms with Crippen LogP contribution in [0.15, 0.2) is 36.4 Å². The number of hydrogen-bond acceptors (Lipinski definition) is 2. The van der Waals surface area contributed by atoms with E-state index in [0.717, 1.165) is 6.07 Å². The lowest BCUT2D eigenvalue weighted by molar-refractivity contribution is 0.284. The van der Waals surface area contributed by atoms with Crippen molar-refractivity contribution in [3.8, 4) is 11.8 Å². The van der Waals surface area contributed by atoms with Crippen molar-refractivity contribution in [2.45, 2.75) is 6.61 Å². The molecule has 2 rings (SSSR count). The van der Waals surface area contributed by atoms with Gasteiger partial charge in [-0.3, -0.25) is 0 Å². The van der Waals surface area contributed by atoms with Crippen LogP contribution >= 0.6 is 11.6 Å². The van der Waals surface area contributed by atoms with Crippen molar-refractivity contribution >= 4 is 11.6 Å². The second-order valence-electron chi connectivity index (χ2n) is 3.76. The molecule has 0 saturated carbocycles. The predicted molar refractivity (Wildman–Crippen MR) is 66.9 cm³/mol. The van der Waals surface area contributed by atoms with Crippen LogP contribution in [0.3, 0.4) is 0 Å². The number of rotatable bonds is 3. The monoisotopic (exact) mass is 279 g/mol. The van der Waals surface area contributed by atoms with Crippen molar-refractivity contribution in [1.29, 1.82) is 5.26 Å². The number of nitrogens with zero attached hydrogens (tertiary/aromatic N) is 1. The minimum absolute atomic E-state index is 0.00901. The van der Waals surface area contributed by atoms with E-state index in [1.807, 2.05) is 6.07 Å². The molecule has 0 aromatic heterocycles. The third-order valence-electron chi connectivity index (χ3n) is 2.48. The highest BCUT2D eigenvalue weighted by Gasteiger charge is 2.10. The zero-order valence-corrected chi connectivity index (χ0v) is 10.4. The Morgan fingerprint density at radius 3 is 2.68 bits per heavy atom. The molecule has 2 nitrogen and oxygen atoms in total. The molecule has 0 aliphatic carbocycles. The molecule has 0 fully saturated rings. The summed E-state index contributed by atoms with van der Waals surface area (Å²) in [5.41, 5.74) is 1.01. The Balaban J connectivity index is 2.15. The highest BCUT2D eigenvalue weighted by Crippen LogP contribution is 2.23. The van der Waals surface area contributed by atoms with Gasteiger partial charge in [0.05, 0.1) is 11.6 Å². The van der Waals surface area contributed by atoms with Gasteiger partial charge in [0, 0.05) is 10.6 Å². The lowest BCUT2D eigenvalue weighted by Crippen LogP contribution is -1.99. The van der Waals surface area contributed by atoms with Crippen molar-refractivity contribution < 1.29 is 13.5 Å². The minimum atomic E-state index is -1.03. The minimum Gasteiger partial charge on any atom is -0.486 e. The summed E-state index contributed by atoms with van der Waals surface area (Å²) in [7, 11) is 0. The summed E-state index contributed by atoms with van der Waals surface area (Å²) in [5, 5.41) is 9.04. The van der Waals surface area contributed by atoms with Crippen LogP contribution in [0.5, 0.6) is 5.75 Å². The summed E-state index contributed by atoms with van der Waals surface area (Å²) in [6.45, 7) is -0.00901. The fourth-order valence-electron chi connectivity index (χ4n) is 1.48. The normalized spacial score (nSPS) is 10.0. The summed E-state index contributed by atoms with van der Waals surface area (Å²) in [6.07, 6.45) is 0. The standard InChI is InChI=1S/C14H8ClF2NO/c15-11-6-9(7-18)4-5-10(11)8-19-13-3-1-2-12(16)14(13)17/h1-6H,8H2. The van der Waals surface area contributed by atoms with E-state index in [1.54, 1.807) is 12.1 Å². The maximum atomic E-state index is 13.3. The number of halogens is 3. The summed E-state index contributed by atoms with van der Waals surface area (Å²) < 4.78 is 31.5. The van der Waals surface area contributed by atoms with Crippen LogP contribution in [0.2, 0.25) is 5.02 Å². The van der Waals surface area contributed by atoms with Crippen LogP contribution in [-0.4, -0.2) is 0 Å². The van der Waals surface area contributed by atoms with E-state index in [-0.39, 0.29) is 12.4 Å². The molecule has 0 bridgehead atoms. The van der Waals surface area contributed by atoms with Gasteiger partial charge < -0.3 is 4.74 Å². The topological polar surface area (TPSA) is 33.0 Å². The van der Waals surface area contributed by atoms with Crippen molar-refractivity contribution in [3.63, 3.8) is 0 Å². The zero-order chi connectivity index (χ0) is 13.8. The van der Waals surface area contributed by atoms with Crippen molar-refractivity contribution in [2.75, 3.05) is 0 Å². The zero-order valence-electron chi connectivity index (χ0n) is 9.66. The number of benzene rings is 2. The summed E-state index contributed by atoms with van der Waals surface area (Å²) in [4.78, 5) is 0. The Morgan fingerprint density at radius 1 is 1.21 bits per heavy atom. The first kappa shape index (κ1) is 13.3. The van der Waals surface area contributed by atoms with Crippen molar-refractivity contribution in [3.05, 3.63) is 64.2 Å². The van der Waals surface area contributed by atoms with Gasteiger partial charge in [-0.25, -0.2) is 4.39 Å². The fraction of sp³-hybridized carbons (Fsp3) is 0.0714. The van der Waals surface area contributed by atoms with E-state index in [4.69, 9.17) is 21.6 Å². The van der Waals surface area contributed by atoms with Crippen LogP contribution in [0, 0.1) is 23.0 Å². The SMILES string of the molecule is N#Cc1ccc(COc2cccc(F)c2F)c(Cl)c1. The maximum absolute atomic E-state index is 13.3. The first-order valence-electron chi connectivity index (χ1n) is 5.37. The van der Waals surface area contributed by atoms with Crippen LogP contribution in [0.1, 0.15) is 11.1 Å². The van der Waals surface area contributed by atoms with Gasteiger partial charge in [-0.1, -0.05) is 23.7 Å². The van der Waals surface area contributed by atoms with Crippen molar-refractivity contribution in [1.82, 2.24) is 0 Å². The largest absolute Gasteiger partial charge is 0.486 e. The van der Waals surface area contributed by atoms with Crippen LogP contribution < -0.4 is 4.74 Å². The molecule has 19 heavy (non-hydrogen) atoms. The van der Waals surface area contributed by atoms with Gasteiger partial charge in [-0.2, -0.15) is 9.65 Å². The molecule has 0 unspecified atom stereocenters. The smallest absolute Gasteiger partial charge is 0.200 e. The van der Waals surface area contributed by atoms with Crippen LogP contribution in [0.25, 0.3) is 0 Å². The van der Waals surface area contributed by atoms with Crippen LogP contribution in [0.4, 0.5) is 8.78 Å². The first-order chi connectivity index (χ1) is 9.11. The van der Waals surface area contributed by atoms with Gasteiger partial charge in [-0.15, -0.1) is 0 Å². The molecule has 0 amide bonds. The molecular weight excluding hydrogens is 272 g/mol. The Hall–Kier alpha value is -2.12. The molecular formula is C14H8ClF2NO. The lowest BCUT2D eigenvalue weighted by atomic mass is 10.1. The Kier molecular flexibility index (Phi) is 3.98. The molecule has 2 aromatic rings. The second-order valence-corrected chi connectivity index (χ2v) is 4.17. The van der Waals surface area contributed by atoms with Gasteiger partial charge in [0.2, 0.25) is 5.82 Å². The summed E-state index contributed by atoms with van der Waals surface area (Å²) in [5.74, 6) is -2.18. The second kappa shape index (κ2) is 5.68. The van der Waals surface area contributed by atoms with Gasteiger partial charge in [0.1, 0.15) is 6.61 Å². The molecule has 0 N–H and O–H groups in total. The molecule has 0 spiro atoms. The Morgan fingerprint density at radius 2 is 2.00 bits per heavy atom. The van der Waals surface area contributed by atoms with Crippen LogP contribution in [-0.2, 0) is 6.61 Å². The molecule has 0 radical (unpaired) electrons. The van der Waals surface area contributed by atoms with E-state index in [1.165, 1.54) is 18.2 Å². The van der Waals surface area contributed by atoms with E-state index in [9.17, 15) is 8.78 Å². The average Bonchev–Trinajstić information content (AvgIpc) is 2.41. The predicted octanol–water partition coefficient (Wildman–Crippen LogP) is 4.07. The number of ether oxygens (including phenoxy) is 1. The molecule has 0 saturated heterocycles. The Bertz CT molecular complexity index is 652. The van der Waals surface area contributed by atoms with Crippen molar-refractivity contribution in [2.24, 2.45) is 0 Å². The molecule has 2 aromatic carbocycles.